The van der Waals surface area contributed by atoms with E-state index in [1.807, 2.05) is 0 Å². The van der Waals surface area contributed by atoms with Gasteiger partial charge in [0.2, 0.25) is 0 Å². The molecule has 0 saturated carbocycles. The van der Waals surface area contributed by atoms with E-state index in [4.69, 9.17) is 4.99 Å². The first-order chi connectivity index (χ1) is 15.0. The van der Waals surface area contributed by atoms with Crippen LogP contribution in [0, 0.1) is 6.92 Å². The Labute approximate surface area is 185 Å². The minimum Gasteiger partial charge on any atom is -0.341 e. The molecule has 0 fully saturated rings. The van der Waals surface area contributed by atoms with Crippen LogP contribution in [0.5, 0.6) is 0 Å². The summed E-state index contributed by atoms with van der Waals surface area (Å²) in [6, 6.07) is 22.0. The third-order valence-corrected chi connectivity index (χ3v) is 6.28. The lowest BCUT2D eigenvalue weighted by Crippen LogP contribution is -1.97. The third kappa shape index (κ3) is 3.95. The highest BCUT2D eigenvalue weighted by Gasteiger charge is 2.13. The molecule has 0 aliphatic heterocycles. The summed E-state index contributed by atoms with van der Waals surface area (Å²) in [6.07, 6.45) is 2.31. The van der Waals surface area contributed by atoms with Crippen LogP contribution in [-0.4, -0.2) is 16.8 Å². The molecule has 0 atom stereocenters. The van der Waals surface area contributed by atoms with Crippen molar-refractivity contribution in [3.05, 3.63) is 89.5 Å². The van der Waals surface area contributed by atoms with Gasteiger partial charge >= 0.3 is 0 Å². The van der Waals surface area contributed by atoms with Gasteiger partial charge in [-0.05, 0) is 79.3 Å². The maximum Gasteiger partial charge on any atom is 0.0491 e. The van der Waals surface area contributed by atoms with E-state index in [9.17, 15) is 0 Å². The minimum absolute atomic E-state index is 0.900. The molecule has 0 aliphatic rings. The fourth-order valence-electron chi connectivity index (χ4n) is 4.42. The van der Waals surface area contributed by atoms with Crippen molar-refractivity contribution < 1.29 is 0 Å². The van der Waals surface area contributed by atoms with Crippen molar-refractivity contribution in [2.45, 2.75) is 47.1 Å². The molecule has 0 aliphatic carbocycles. The second kappa shape index (κ2) is 8.93. The van der Waals surface area contributed by atoms with Crippen molar-refractivity contribution in [2.75, 3.05) is 6.54 Å². The molecule has 2 heteroatoms. The molecule has 0 unspecified atom stereocenters. The fourth-order valence-corrected chi connectivity index (χ4v) is 4.42. The second-order valence-electron chi connectivity index (χ2n) is 8.32. The maximum absolute atomic E-state index is 4.79. The Morgan fingerprint density at radius 1 is 0.903 bits per heavy atom. The summed E-state index contributed by atoms with van der Waals surface area (Å²) >= 11 is 0. The van der Waals surface area contributed by atoms with E-state index in [0.717, 1.165) is 30.8 Å². The fraction of sp³-hybridized carbons (Fsp3) is 0.276. The SMILES string of the molecule is C=C(c1ccc2c(c1)c1cc(/C(C)=N/CCCC)ccc1n2CC)c1ccccc1C. The highest BCUT2D eigenvalue weighted by molar-refractivity contribution is 6.12. The Hall–Kier alpha value is -3.13. The minimum atomic E-state index is 0.900. The molecule has 0 saturated heterocycles. The van der Waals surface area contributed by atoms with E-state index in [1.165, 1.54) is 50.5 Å². The van der Waals surface area contributed by atoms with Crippen LogP contribution in [0.4, 0.5) is 0 Å². The van der Waals surface area contributed by atoms with E-state index in [0.29, 0.717) is 0 Å². The number of aryl methyl sites for hydroxylation is 2. The molecule has 0 radical (unpaired) electrons. The van der Waals surface area contributed by atoms with Gasteiger partial charge in [0.1, 0.15) is 0 Å². The Morgan fingerprint density at radius 2 is 1.55 bits per heavy atom. The van der Waals surface area contributed by atoms with Gasteiger partial charge in [0.05, 0.1) is 0 Å². The number of nitrogens with zero attached hydrogens (tertiary/aromatic N) is 2. The van der Waals surface area contributed by atoms with Crippen molar-refractivity contribution >= 4 is 33.1 Å². The summed E-state index contributed by atoms with van der Waals surface area (Å²) in [4.78, 5) is 4.79. The molecule has 0 spiro atoms. The van der Waals surface area contributed by atoms with Gasteiger partial charge in [0.15, 0.2) is 0 Å². The van der Waals surface area contributed by atoms with E-state index in [1.54, 1.807) is 0 Å². The smallest absolute Gasteiger partial charge is 0.0491 e. The highest BCUT2D eigenvalue weighted by Crippen LogP contribution is 2.34. The van der Waals surface area contributed by atoms with Gasteiger partial charge in [0, 0.05) is 40.6 Å². The Kier molecular flexibility index (Phi) is 6.08. The summed E-state index contributed by atoms with van der Waals surface area (Å²) in [6.45, 7) is 15.0. The normalized spacial score (nSPS) is 12.1. The zero-order chi connectivity index (χ0) is 22.0. The van der Waals surface area contributed by atoms with Crippen LogP contribution in [0.2, 0.25) is 0 Å². The largest absolute Gasteiger partial charge is 0.341 e. The zero-order valence-corrected chi connectivity index (χ0v) is 19.2. The number of aromatic nitrogens is 1. The molecule has 1 heterocycles. The van der Waals surface area contributed by atoms with Gasteiger partial charge in [-0.3, -0.25) is 4.99 Å². The molecule has 4 aromatic rings. The second-order valence-corrected chi connectivity index (χ2v) is 8.32. The molecule has 1 aromatic heterocycles. The van der Waals surface area contributed by atoms with Crippen LogP contribution in [0.25, 0.3) is 27.4 Å². The molecular formula is C29H32N2. The number of hydrogen-bond donors (Lipinski definition) is 0. The first kappa shape index (κ1) is 21.1. The van der Waals surface area contributed by atoms with Crippen molar-refractivity contribution in [2.24, 2.45) is 4.99 Å². The van der Waals surface area contributed by atoms with Crippen LogP contribution >= 0.6 is 0 Å². The summed E-state index contributed by atoms with van der Waals surface area (Å²) < 4.78 is 2.40. The molecule has 0 amide bonds. The van der Waals surface area contributed by atoms with Gasteiger partial charge in [-0.2, -0.15) is 0 Å². The Bertz CT molecular complexity index is 1290. The van der Waals surface area contributed by atoms with Crippen molar-refractivity contribution in [3.63, 3.8) is 0 Å². The number of rotatable bonds is 7. The standard InChI is InChI=1S/C29H32N2/c1-6-8-17-30-22(5)24-14-16-29-27(19-24)26-18-23(13-15-28(26)31(29)7-2)21(4)25-12-10-9-11-20(25)3/h9-16,18-19H,4,6-8,17H2,1-3,5H3/b30-22+. The van der Waals surface area contributed by atoms with Gasteiger partial charge in [0.25, 0.3) is 0 Å². The summed E-state index contributed by atoms with van der Waals surface area (Å²) in [5.41, 5.74) is 9.60. The van der Waals surface area contributed by atoms with Crippen LogP contribution in [0.15, 0.2) is 72.2 Å². The van der Waals surface area contributed by atoms with E-state index < -0.39 is 0 Å². The number of benzene rings is 3. The van der Waals surface area contributed by atoms with Crippen molar-refractivity contribution in [1.29, 1.82) is 0 Å². The monoisotopic (exact) mass is 408 g/mol. The molecule has 3 aromatic carbocycles. The van der Waals surface area contributed by atoms with Gasteiger partial charge in [-0.25, -0.2) is 0 Å². The van der Waals surface area contributed by atoms with E-state index in [2.05, 4.69) is 99.5 Å². The number of aliphatic imine (C=N–C) groups is 1. The molecule has 31 heavy (non-hydrogen) atoms. The molecule has 158 valence electrons. The quantitative estimate of drug-likeness (QED) is 0.219. The lowest BCUT2D eigenvalue weighted by molar-refractivity contribution is 0.808. The number of hydrogen-bond acceptors (Lipinski definition) is 1. The molecule has 0 N–H and O–H groups in total. The Morgan fingerprint density at radius 3 is 2.19 bits per heavy atom. The van der Waals surface area contributed by atoms with E-state index in [-0.39, 0.29) is 0 Å². The van der Waals surface area contributed by atoms with Gasteiger partial charge in [-0.1, -0.05) is 56.3 Å². The molecule has 0 bridgehead atoms. The first-order valence-corrected chi connectivity index (χ1v) is 11.4. The summed E-state index contributed by atoms with van der Waals surface area (Å²) in [5.74, 6) is 0. The first-order valence-electron chi connectivity index (χ1n) is 11.4. The predicted octanol–water partition coefficient (Wildman–Crippen LogP) is 7.79. The van der Waals surface area contributed by atoms with Crippen LogP contribution in [0.3, 0.4) is 0 Å². The van der Waals surface area contributed by atoms with Crippen LogP contribution in [0.1, 0.15) is 55.9 Å². The maximum atomic E-state index is 4.79. The molecule has 4 rings (SSSR count). The summed E-state index contributed by atoms with van der Waals surface area (Å²) in [7, 11) is 0. The predicted molar refractivity (Wildman–Crippen MR) is 136 cm³/mol. The Balaban J connectivity index is 1.86. The zero-order valence-electron chi connectivity index (χ0n) is 19.2. The number of fused-ring (bicyclic) bond motifs is 3. The lowest BCUT2D eigenvalue weighted by Gasteiger charge is -2.10. The van der Waals surface area contributed by atoms with Crippen LogP contribution in [-0.2, 0) is 6.54 Å². The summed E-state index contributed by atoms with van der Waals surface area (Å²) in [5, 5.41) is 2.58. The average molecular weight is 409 g/mol. The third-order valence-electron chi connectivity index (χ3n) is 6.28. The highest BCUT2D eigenvalue weighted by atomic mass is 15.0. The lowest BCUT2D eigenvalue weighted by atomic mass is 9.94. The average Bonchev–Trinajstić information content (AvgIpc) is 3.11. The van der Waals surface area contributed by atoms with Crippen molar-refractivity contribution in [3.8, 4) is 0 Å². The van der Waals surface area contributed by atoms with E-state index >= 15 is 0 Å². The van der Waals surface area contributed by atoms with Crippen LogP contribution < -0.4 is 0 Å². The van der Waals surface area contributed by atoms with Gasteiger partial charge in [-0.15, -0.1) is 0 Å². The van der Waals surface area contributed by atoms with Gasteiger partial charge < -0.3 is 4.57 Å². The number of unbranched alkanes of at least 4 members (excludes halogenated alkanes) is 1. The molecular weight excluding hydrogens is 376 g/mol. The molecule has 2 nitrogen and oxygen atoms in total. The van der Waals surface area contributed by atoms with Crippen molar-refractivity contribution in [1.82, 2.24) is 4.57 Å². The topological polar surface area (TPSA) is 17.3 Å².